The molecule has 2 aromatic heterocycles. The molecule has 1 saturated carbocycles. The Kier molecular flexibility index (Phi) is 5.20. The molecule has 136 valence electrons. The van der Waals surface area contributed by atoms with Gasteiger partial charge in [0.2, 0.25) is 11.6 Å². The molecule has 2 heterocycles. The number of aryl methyl sites for hydroxylation is 2. The van der Waals surface area contributed by atoms with Crippen molar-refractivity contribution in [3.8, 4) is 0 Å². The van der Waals surface area contributed by atoms with Gasteiger partial charge in [-0.1, -0.05) is 26.7 Å². The normalized spacial score (nSPS) is 23.7. The molecule has 3 atom stereocenters. The molecule has 3 rings (SSSR count). The van der Waals surface area contributed by atoms with Crippen LogP contribution in [-0.4, -0.2) is 31.1 Å². The lowest BCUT2D eigenvalue weighted by Gasteiger charge is -2.34. The van der Waals surface area contributed by atoms with Crippen LogP contribution in [0, 0.1) is 18.8 Å². The number of hydrogen-bond donors (Lipinski definition) is 1. The summed E-state index contributed by atoms with van der Waals surface area (Å²) in [5.41, 5.74) is 0.160. The molecule has 25 heavy (non-hydrogen) atoms. The van der Waals surface area contributed by atoms with Crippen LogP contribution < -0.4 is 10.9 Å². The number of hydrogen-bond acceptors (Lipinski definition) is 4. The summed E-state index contributed by atoms with van der Waals surface area (Å²) in [6, 6.07) is 0.278. The first kappa shape index (κ1) is 17.6. The van der Waals surface area contributed by atoms with Crippen molar-refractivity contribution in [3.63, 3.8) is 0 Å². The van der Waals surface area contributed by atoms with Gasteiger partial charge in [-0.3, -0.25) is 14.0 Å². The fourth-order valence-electron chi connectivity index (χ4n) is 3.71. The molecule has 0 radical (unpaired) electrons. The molecule has 7 nitrogen and oxygen atoms in total. The molecule has 1 N–H and O–H groups in total. The van der Waals surface area contributed by atoms with E-state index in [0.29, 0.717) is 42.7 Å². The molecule has 1 aliphatic rings. The standard InChI is InChI=1S/C18H27N5O2/c1-12-6-4-7-15(13(12)2)20-16(24)8-5-10-23-18(25)17-19-9-11-22(17)14(3)21-23/h9,11-13,15H,4-8,10H2,1-3H3,(H,20,24)/t12-,13+,15+/m0/s1. The summed E-state index contributed by atoms with van der Waals surface area (Å²) in [6.45, 7) is 6.74. The zero-order valence-corrected chi connectivity index (χ0v) is 15.2. The molecule has 0 bridgehead atoms. The Morgan fingerprint density at radius 3 is 2.96 bits per heavy atom. The number of nitrogens with one attached hydrogen (secondary N) is 1. The van der Waals surface area contributed by atoms with Gasteiger partial charge >= 0.3 is 5.56 Å². The summed E-state index contributed by atoms with van der Waals surface area (Å²) in [5, 5.41) is 7.48. The summed E-state index contributed by atoms with van der Waals surface area (Å²) in [4.78, 5) is 28.7. The molecular weight excluding hydrogens is 318 g/mol. The van der Waals surface area contributed by atoms with Crippen molar-refractivity contribution in [2.75, 3.05) is 0 Å². The Morgan fingerprint density at radius 1 is 1.36 bits per heavy atom. The second-order valence-electron chi connectivity index (χ2n) is 7.24. The number of carbonyl (C=O) groups is 1. The molecule has 1 fully saturated rings. The number of rotatable bonds is 5. The first-order valence-corrected chi connectivity index (χ1v) is 9.17. The molecule has 0 unspecified atom stereocenters. The number of carbonyl (C=O) groups excluding carboxylic acids is 1. The van der Waals surface area contributed by atoms with E-state index >= 15 is 0 Å². The van der Waals surface area contributed by atoms with E-state index in [-0.39, 0.29) is 17.5 Å². The molecular formula is C18H27N5O2. The summed E-state index contributed by atoms with van der Waals surface area (Å²) >= 11 is 0. The van der Waals surface area contributed by atoms with Crippen LogP contribution >= 0.6 is 0 Å². The zero-order valence-electron chi connectivity index (χ0n) is 15.2. The third kappa shape index (κ3) is 3.75. The maximum Gasteiger partial charge on any atom is 0.310 e. The summed E-state index contributed by atoms with van der Waals surface area (Å²) < 4.78 is 3.09. The summed E-state index contributed by atoms with van der Waals surface area (Å²) in [6.07, 6.45) is 7.81. The minimum Gasteiger partial charge on any atom is -0.353 e. The number of amides is 1. The highest BCUT2D eigenvalue weighted by molar-refractivity contribution is 5.76. The first-order valence-electron chi connectivity index (χ1n) is 9.17. The fraction of sp³-hybridized carbons (Fsp3) is 0.667. The van der Waals surface area contributed by atoms with E-state index in [9.17, 15) is 9.59 Å². The van der Waals surface area contributed by atoms with Crippen molar-refractivity contribution in [3.05, 3.63) is 28.6 Å². The first-order chi connectivity index (χ1) is 12.0. The highest BCUT2D eigenvalue weighted by Crippen LogP contribution is 2.29. The van der Waals surface area contributed by atoms with E-state index in [1.807, 2.05) is 6.92 Å². The lowest BCUT2D eigenvalue weighted by atomic mass is 9.78. The van der Waals surface area contributed by atoms with Gasteiger partial charge in [0, 0.05) is 31.4 Å². The van der Waals surface area contributed by atoms with E-state index in [2.05, 4.69) is 29.2 Å². The van der Waals surface area contributed by atoms with Gasteiger partial charge in [-0.05, 0) is 31.6 Å². The number of aromatic nitrogens is 4. The van der Waals surface area contributed by atoms with Crippen LogP contribution in [0.15, 0.2) is 17.2 Å². The van der Waals surface area contributed by atoms with Crippen LogP contribution in [0.5, 0.6) is 0 Å². The van der Waals surface area contributed by atoms with Crippen LogP contribution in [0.2, 0.25) is 0 Å². The molecule has 1 amide bonds. The lowest BCUT2D eigenvalue weighted by molar-refractivity contribution is -0.122. The van der Waals surface area contributed by atoms with Gasteiger partial charge in [0.05, 0.1) is 0 Å². The van der Waals surface area contributed by atoms with Crippen LogP contribution in [0.3, 0.4) is 0 Å². The van der Waals surface area contributed by atoms with Gasteiger partial charge in [-0.15, -0.1) is 0 Å². The van der Waals surface area contributed by atoms with Gasteiger partial charge in [-0.2, -0.15) is 5.10 Å². The Balaban J connectivity index is 1.55. The molecule has 0 spiro atoms. The Bertz CT molecular complexity index is 809. The number of nitrogens with zero attached hydrogens (tertiary/aromatic N) is 4. The van der Waals surface area contributed by atoms with Gasteiger partial charge < -0.3 is 5.32 Å². The molecule has 1 aliphatic carbocycles. The molecule has 0 aromatic carbocycles. The average Bonchev–Trinajstić information content (AvgIpc) is 3.07. The van der Waals surface area contributed by atoms with E-state index in [1.165, 1.54) is 17.5 Å². The topological polar surface area (TPSA) is 81.3 Å². The summed E-state index contributed by atoms with van der Waals surface area (Å²) in [7, 11) is 0. The Labute approximate surface area is 147 Å². The molecule has 2 aromatic rings. The average molecular weight is 345 g/mol. The minimum atomic E-state index is -0.217. The molecule has 0 saturated heterocycles. The van der Waals surface area contributed by atoms with E-state index in [1.54, 1.807) is 16.8 Å². The van der Waals surface area contributed by atoms with Crippen LogP contribution in [0.1, 0.15) is 51.8 Å². The second-order valence-corrected chi connectivity index (χ2v) is 7.24. The highest BCUT2D eigenvalue weighted by Gasteiger charge is 2.27. The van der Waals surface area contributed by atoms with Crippen molar-refractivity contribution in [1.29, 1.82) is 0 Å². The van der Waals surface area contributed by atoms with E-state index < -0.39 is 0 Å². The highest BCUT2D eigenvalue weighted by atomic mass is 16.1. The smallest absolute Gasteiger partial charge is 0.310 e. The van der Waals surface area contributed by atoms with Crippen LogP contribution in [0.4, 0.5) is 0 Å². The van der Waals surface area contributed by atoms with Crippen molar-refractivity contribution in [2.45, 2.75) is 65.5 Å². The predicted molar refractivity (Wildman–Crippen MR) is 95.3 cm³/mol. The Hall–Kier alpha value is -2.18. The Morgan fingerprint density at radius 2 is 2.16 bits per heavy atom. The quantitative estimate of drug-likeness (QED) is 0.898. The van der Waals surface area contributed by atoms with Gasteiger partial charge in [0.25, 0.3) is 0 Å². The monoisotopic (exact) mass is 345 g/mol. The molecule has 7 heteroatoms. The third-order valence-corrected chi connectivity index (χ3v) is 5.51. The SMILES string of the molecule is Cc1nn(CCCC(=O)N[C@@H]2CCC[C@H](C)[C@H]2C)c(=O)c2nccn12. The fourth-order valence-corrected chi connectivity index (χ4v) is 3.71. The van der Waals surface area contributed by atoms with Crippen molar-refractivity contribution < 1.29 is 4.79 Å². The number of fused-ring (bicyclic) bond motifs is 1. The second kappa shape index (κ2) is 7.37. The zero-order chi connectivity index (χ0) is 18.0. The maximum atomic E-state index is 12.3. The lowest BCUT2D eigenvalue weighted by Crippen LogP contribution is -2.43. The van der Waals surface area contributed by atoms with Crippen LogP contribution in [0.25, 0.3) is 5.65 Å². The van der Waals surface area contributed by atoms with Crippen molar-refractivity contribution >= 4 is 11.6 Å². The largest absolute Gasteiger partial charge is 0.353 e. The van der Waals surface area contributed by atoms with Gasteiger partial charge in [0.15, 0.2) is 0 Å². The third-order valence-electron chi connectivity index (χ3n) is 5.51. The molecule has 0 aliphatic heterocycles. The minimum absolute atomic E-state index is 0.0672. The predicted octanol–water partition coefficient (Wildman–Crippen LogP) is 1.92. The van der Waals surface area contributed by atoms with Crippen molar-refractivity contribution in [2.24, 2.45) is 11.8 Å². The maximum absolute atomic E-state index is 12.3. The van der Waals surface area contributed by atoms with Gasteiger partial charge in [-0.25, -0.2) is 9.67 Å². The van der Waals surface area contributed by atoms with Crippen LogP contribution in [-0.2, 0) is 11.3 Å². The van der Waals surface area contributed by atoms with Gasteiger partial charge in [0.1, 0.15) is 5.82 Å². The van der Waals surface area contributed by atoms with E-state index in [0.717, 1.165) is 6.42 Å². The summed E-state index contributed by atoms with van der Waals surface area (Å²) in [5.74, 6) is 1.96. The van der Waals surface area contributed by atoms with E-state index in [4.69, 9.17) is 0 Å². The van der Waals surface area contributed by atoms with Crippen molar-refractivity contribution in [1.82, 2.24) is 24.5 Å². The number of imidazole rings is 1.